The van der Waals surface area contributed by atoms with Crippen molar-refractivity contribution in [3.8, 4) is 0 Å². The van der Waals surface area contributed by atoms with Gasteiger partial charge < -0.3 is 4.74 Å². The lowest BCUT2D eigenvalue weighted by Gasteiger charge is -2.05. The van der Waals surface area contributed by atoms with Gasteiger partial charge in [0.05, 0.1) is 7.11 Å². The van der Waals surface area contributed by atoms with Crippen molar-refractivity contribution in [1.29, 1.82) is 0 Å². The van der Waals surface area contributed by atoms with E-state index in [9.17, 15) is 4.79 Å². The van der Waals surface area contributed by atoms with Crippen LogP contribution < -0.4 is 0 Å². The summed E-state index contributed by atoms with van der Waals surface area (Å²) in [5.41, 5.74) is 0.609. The number of hydrogen-bond donors (Lipinski definition) is 0. The molecular weight excluding hydrogens is 213 g/mol. The van der Waals surface area contributed by atoms with Crippen molar-refractivity contribution in [2.75, 3.05) is 7.11 Å². The molecule has 0 unspecified atom stereocenters. The number of aromatic nitrogens is 1. The van der Waals surface area contributed by atoms with Crippen molar-refractivity contribution in [2.24, 2.45) is 0 Å². The quantitative estimate of drug-likeness (QED) is 0.567. The molecule has 0 aliphatic carbocycles. The number of nitrogens with zero attached hydrogens (tertiary/aromatic N) is 1. The summed E-state index contributed by atoms with van der Waals surface area (Å²) in [4.78, 5) is 14.2. The molecule has 3 nitrogen and oxygen atoms in total. The second kappa shape index (κ2) is 4.44. The minimum Gasteiger partial charge on any atom is -0.464 e. The standard InChI is InChI=1S/C8H7Cl2NO2/c1-13-8(12)6-5(7(9)10)3-2-4-11-6/h2-4,7H,1H3. The lowest BCUT2D eigenvalue weighted by atomic mass is 10.2. The summed E-state index contributed by atoms with van der Waals surface area (Å²) in [5.74, 6) is -0.540. The van der Waals surface area contributed by atoms with Crippen LogP contribution in [0.15, 0.2) is 18.3 Å². The molecule has 0 aliphatic heterocycles. The van der Waals surface area contributed by atoms with Gasteiger partial charge in [-0.2, -0.15) is 0 Å². The van der Waals surface area contributed by atoms with Crippen LogP contribution in [0.3, 0.4) is 0 Å². The predicted molar refractivity (Wildman–Crippen MR) is 50.0 cm³/mol. The second-order valence-corrected chi connectivity index (χ2v) is 3.33. The molecule has 0 radical (unpaired) electrons. The molecule has 1 heterocycles. The van der Waals surface area contributed by atoms with Gasteiger partial charge in [-0.25, -0.2) is 9.78 Å². The summed E-state index contributed by atoms with van der Waals surface area (Å²) in [7, 11) is 1.28. The zero-order valence-corrected chi connectivity index (χ0v) is 8.34. The summed E-state index contributed by atoms with van der Waals surface area (Å²) in [6, 6.07) is 3.28. The van der Waals surface area contributed by atoms with Gasteiger partial charge in [0.2, 0.25) is 0 Å². The number of ether oxygens (including phenoxy) is 1. The van der Waals surface area contributed by atoms with E-state index < -0.39 is 10.8 Å². The molecule has 1 aromatic heterocycles. The molecule has 0 bridgehead atoms. The highest BCUT2D eigenvalue weighted by Gasteiger charge is 2.16. The maximum Gasteiger partial charge on any atom is 0.357 e. The third kappa shape index (κ3) is 2.32. The molecule has 70 valence electrons. The van der Waals surface area contributed by atoms with Gasteiger partial charge in [-0.05, 0) is 6.07 Å². The van der Waals surface area contributed by atoms with Gasteiger partial charge in [0.25, 0.3) is 0 Å². The van der Waals surface area contributed by atoms with Crippen LogP contribution in [0.5, 0.6) is 0 Å². The maximum absolute atomic E-state index is 11.1. The van der Waals surface area contributed by atoms with Gasteiger partial charge >= 0.3 is 5.97 Å². The Labute approximate surface area is 85.6 Å². The van der Waals surface area contributed by atoms with Crippen molar-refractivity contribution in [3.63, 3.8) is 0 Å². The second-order valence-electron chi connectivity index (χ2n) is 2.23. The first-order chi connectivity index (χ1) is 6.16. The first-order valence-electron chi connectivity index (χ1n) is 3.48. The highest BCUT2D eigenvalue weighted by atomic mass is 35.5. The zero-order valence-electron chi connectivity index (χ0n) is 6.83. The van der Waals surface area contributed by atoms with Gasteiger partial charge in [0.15, 0.2) is 5.69 Å². The van der Waals surface area contributed by atoms with E-state index in [0.29, 0.717) is 5.56 Å². The van der Waals surface area contributed by atoms with Crippen molar-refractivity contribution in [1.82, 2.24) is 4.98 Å². The van der Waals surface area contributed by atoms with Gasteiger partial charge in [-0.15, -0.1) is 0 Å². The van der Waals surface area contributed by atoms with Crippen LogP contribution in [0.25, 0.3) is 0 Å². The average molecular weight is 220 g/mol. The van der Waals surface area contributed by atoms with Gasteiger partial charge in [0.1, 0.15) is 4.84 Å². The van der Waals surface area contributed by atoms with Crippen LogP contribution in [0.2, 0.25) is 0 Å². The molecule has 0 atom stereocenters. The Morgan fingerprint density at radius 2 is 2.31 bits per heavy atom. The number of halogens is 2. The van der Waals surface area contributed by atoms with Gasteiger partial charge in [-0.3, -0.25) is 0 Å². The van der Waals surface area contributed by atoms with Crippen molar-refractivity contribution in [2.45, 2.75) is 4.84 Å². The smallest absolute Gasteiger partial charge is 0.357 e. The molecule has 0 amide bonds. The fourth-order valence-electron chi connectivity index (χ4n) is 0.861. The first kappa shape index (κ1) is 10.3. The topological polar surface area (TPSA) is 39.2 Å². The van der Waals surface area contributed by atoms with Crippen molar-refractivity contribution >= 4 is 29.2 Å². The minimum atomic E-state index is -0.775. The zero-order chi connectivity index (χ0) is 9.84. The summed E-state index contributed by atoms with van der Waals surface area (Å²) >= 11 is 11.3. The van der Waals surface area contributed by atoms with Crippen LogP contribution in [0.1, 0.15) is 20.9 Å². The fourth-order valence-corrected chi connectivity index (χ4v) is 1.21. The number of esters is 1. The van der Waals surface area contributed by atoms with Crippen LogP contribution in [0, 0.1) is 0 Å². The molecule has 0 saturated heterocycles. The van der Waals surface area contributed by atoms with Crippen LogP contribution in [0.4, 0.5) is 0 Å². The molecule has 13 heavy (non-hydrogen) atoms. The molecule has 5 heteroatoms. The normalized spacial score (nSPS) is 10.2. The number of methoxy groups -OCH3 is 1. The SMILES string of the molecule is COC(=O)c1ncccc1C(Cl)Cl. The molecule has 0 N–H and O–H groups in total. The van der Waals surface area contributed by atoms with Gasteiger partial charge in [-0.1, -0.05) is 29.3 Å². The fraction of sp³-hybridized carbons (Fsp3) is 0.250. The Morgan fingerprint density at radius 1 is 1.62 bits per heavy atom. The number of carbonyl (C=O) groups excluding carboxylic acids is 1. The Kier molecular flexibility index (Phi) is 3.51. The highest BCUT2D eigenvalue weighted by Crippen LogP contribution is 2.26. The van der Waals surface area contributed by atoms with Crippen LogP contribution in [-0.4, -0.2) is 18.1 Å². The van der Waals surface area contributed by atoms with Crippen molar-refractivity contribution < 1.29 is 9.53 Å². The van der Waals surface area contributed by atoms with E-state index in [0.717, 1.165) is 0 Å². The largest absolute Gasteiger partial charge is 0.464 e. The Balaban J connectivity index is 3.12. The third-order valence-electron chi connectivity index (χ3n) is 1.45. The Hall–Kier alpha value is -0.800. The molecule has 1 aromatic rings. The molecule has 0 saturated carbocycles. The number of alkyl halides is 2. The Bertz CT molecular complexity index is 315. The van der Waals surface area contributed by atoms with E-state index in [4.69, 9.17) is 23.2 Å². The maximum atomic E-state index is 11.1. The summed E-state index contributed by atoms with van der Waals surface area (Å²) in [5, 5.41) is 0. The predicted octanol–water partition coefficient (Wildman–Crippen LogP) is 2.34. The van der Waals surface area contributed by atoms with Gasteiger partial charge in [0, 0.05) is 11.8 Å². The number of carbonyl (C=O) groups is 1. The van der Waals surface area contributed by atoms with E-state index in [1.54, 1.807) is 12.1 Å². The van der Waals surface area contributed by atoms with Crippen LogP contribution in [-0.2, 0) is 4.74 Å². The molecular formula is C8H7Cl2NO2. The molecule has 0 aromatic carbocycles. The average Bonchev–Trinajstić information content (AvgIpc) is 2.16. The minimum absolute atomic E-state index is 0.153. The molecule has 1 rings (SSSR count). The lowest BCUT2D eigenvalue weighted by molar-refractivity contribution is 0.0593. The number of rotatable bonds is 2. The first-order valence-corrected chi connectivity index (χ1v) is 4.35. The van der Waals surface area contributed by atoms with E-state index in [1.807, 2.05) is 0 Å². The van der Waals surface area contributed by atoms with Crippen molar-refractivity contribution in [3.05, 3.63) is 29.6 Å². The number of pyridine rings is 1. The third-order valence-corrected chi connectivity index (χ3v) is 1.92. The monoisotopic (exact) mass is 219 g/mol. The highest BCUT2D eigenvalue weighted by molar-refractivity contribution is 6.44. The molecule has 0 fully saturated rings. The summed E-state index contributed by atoms with van der Waals surface area (Å²) < 4.78 is 4.51. The molecule has 0 aliphatic rings. The van der Waals surface area contributed by atoms with E-state index >= 15 is 0 Å². The number of hydrogen-bond acceptors (Lipinski definition) is 3. The van der Waals surface area contributed by atoms with Crippen LogP contribution >= 0.6 is 23.2 Å². The lowest BCUT2D eigenvalue weighted by Crippen LogP contribution is -2.07. The molecule has 0 spiro atoms. The summed E-state index contributed by atoms with van der Waals surface area (Å²) in [6.07, 6.45) is 1.48. The van der Waals surface area contributed by atoms with E-state index in [1.165, 1.54) is 13.3 Å². The van der Waals surface area contributed by atoms with E-state index in [-0.39, 0.29) is 5.69 Å². The Morgan fingerprint density at radius 3 is 2.85 bits per heavy atom. The summed E-state index contributed by atoms with van der Waals surface area (Å²) in [6.45, 7) is 0. The van der Waals surface area contributed by atoms with E-state index in [2.05, 4.69) is 9.72 Å².